The summed E-state index contributed by atoms with van der Waals surface area (Å²) in [5.41, 5.74) is -0.0830. The van der Waals surface area contributed by atoms with Crippen LogP contribution in [0.2, 0.25) is 0 Å². The van der Waals surface area contributed by atoms with Crippen LogP contribution in [0.3, 0.4) is 0 Å². The van der Waals surface area contributed by atoms with E-state index in [1.165, 1.54) is 24.5 Å². The maximum Gasteiger partial charge on any atom is 0.257 e. The Labute approximate surface area is 170 Å². The molecular formula is C22H28FN3O3. The van der Waals surface area contributed by atoms with Crippen LogP contribution in [-0.2, 0) is 6.54 Å². The fourth-order valence-electron chi connectivity index (χ4n) is 2.93. The first kappa shape index (κ1) is 22.3. The molecule has 29 heavy (non-hydrogen) atoms. The monoisotopic (exact) mass is 401 g/mol. The Kier molecular flexibility index (Phi) is 7.31. The maximum atomic E-state index is 13.1. The zero-order valence-corrected chi connectivity index (χ0v) is 17.5. The molecule has 2 rings (SSSR count). The second-order valence-electron chi connectivity index (χ2n) is 7.88. The first-order chi connectivity index (χ1) is 13.6. The van der Waals surface area contributed by atoms with Gasteiger partial charge in [-0.2, -0.15) is 0 Å². The van der Waals surface area contributed by atoms with Gasteiger partial charge in [0.15, 0.2) is 0 Å². The summed E-state index contributed by atoms with van der Waals surface area (Å²) >= 11 is 0. The van der Waals surface area contributed by atoms with Crippen LogP contribution in [-0.4, -0.2) is 22.4 Å². The van der Waals surface area contributed by atoms with Crippen molar-refractivity contribution in [2.75, 3.05) is 0 Å². The van der Waals surface area contributed by atoms with Crippen LogP contribution in [0.25, 0.3) is 0 Å². The largest absolute Gasteiger partial charge is 0.352 e. The molecule has 0 spiro atoms. The summed E-state index contributed by atoms with van der Waals surface area (Å²) in [7, 11) is 0. The predicted octanol–water partition coefficient (Wildman–Crippen LogP) is 3.27. The normalized spacial score (nSPS) is 12.1. The molecule has 7 heteroatoms. The lowest BCUT2D eigenvalue weighted by Gasteiger charge is -2.17. The minimum absolute atomic E-state index is 0.0681. The van der Waals surface area contributed by atoms with Crippen LogP contribution >= 0.6 is 0 Å². The first-order valence-electron chi connectivity index (χ1n) is 9.69. The summed E-state index contributed by atoms with van der Waals surface area (Å²) in [6.45, 7) is 9.89. The molecule has 0 aliphatic rings. The molecule has 6 nitrogen and oxygen atoms in total. The van der Waals surface area contributed by atoms with Crippen molar-refractivity contribution >= 4 is 11.8 Å². The summed E-state index contributed by atoms with van der Waals surface area (Å²) in [6.07, 6.45) is 2.96. The number of benzene rings is 1. The van der Waals surface area contributed by atoms with Crippen LogP contribution in [0.15, 0.2) is 41.5 Å². The van der Waals surface area contributed by atoms with E-state index < -0.39 is 23.3 Å². The number of rotatable bonds is 7. The Bertz CT molecular complexity index is 933. The summed E-state index contributed by atoms with van der Waals surface area (Å²) in [5, 5.41) is 5.45. The van der Waals surface area contributed by atoms with Gasteiger partial charge in [0.2, 0.25) is 5.43 Å². The zero-order valence-electron chi connectivity index (χ0n) is 17.5. The highest BCUT2D eigenvalue weighted by Crippen LogP contribution is 2.14. The molecule has 0 saturated carbocycles. The molecule has 0 radical (unpaired) electrons. The summed E-state index contributed by atoms with van der Waals surface area (Å²) in [5.74, 6) is -1.20. The molecule has 1 aromatic heterocycles. The second kappa shape index (κ2) is 9.49. The number of nitrogens with one attached hydrogen (secondary N) is 2. The van der Waals surface area contributed by atoms with Crippen molar-refractivity contribution in [2.24, 2.45) is 5.92 Å². The van der Waals surface area contributed by atoms with Crippen LogP contribution < -0.4 is 16.1 Å². The lowest BCUT2D eigenvalue weighted by molar-refractivity contribution is 0.0937. The molecule has 2 N–H and O–H groups in total. The third-order valence-electron chi connectivity index (χ3n) is 4.28. The van der Waals surface area contributed by atoms with Crippen molar-refractivity contribution in [3.05, 3.63) is 69.4 Å². The highest BCUT2D eigenvalue weighted by molar-refractivity contribution is 5.99. The maximum absolute atomic E-state index is 13.1. The van der Waals surface area contributed by atoms with Gasteiger partial charge >= 0.3 is 0 Å². The molecule has 156 valence electrons. The quantitative estimate of drug-likeness (QED) is 0.747. The van der Waals surface area contributed by atoms with Gasteiger partial charge in [-0.25, -0.2) is 4.39 Å². The zero-order chi connectivity index (χ0) is 21.7. The fourth-order valence-corrected chi connectivity index (χ4v) is 2.93. The minimum atomic E-state index is -0.619. The summed E-state index contributed by atoms with van der Waals surface area (Å²) < 4.78 is 14.8. The lowest BCUT2D eigenvalue weighted by Crippen LogP contribution is -2.38. The van der Waals surface area contributed by atoms with E-state index in [0.717, 1.165) is 0 Å². The number of halogens is 1. The average Bonchev–Trinajstić information content (AvgIpc) is 2.62. The van der Waals surface area contributed by atoms with Gasteiger partial charge < -0.3 is 15.2 Å². The molecule has 0 fully saturated rings. The number of carbonyl (C=O) groups is 2. The average molecular weight is 401 g/mol. The van der Waals surface area contributed by atoms with E-state index >= 15 is 0 Å². The van der Waals surface area contributed by atoms with Gasteiger partial charge in [0, 0.05) is 25.0 Å². The number of amides is 2. The molecular weight excluding hydrogens is 373 g/mol. The van der Waals surface area contributed by atoms with Crippen molar-refractivity contribution in [1.82, 2.24) is 15.2 Å². The van der Waals surface area contributed by atoms with E-state index in [4.69, 9.17) is 0 Å². The van der Waals surface area contributed by atoms with Crippen molar-refractivity contribution in [3.63, 3.8) is 0 Å². The Morgan fingerprint density at radius 1 is 0.931 bits per heavy atom. The van der Waals surface area contributed by atoms with Crippen LogP contribution in [0.1, 0.15) is 66.9 Å². The summed E-state index contributed by atoms with van der Waals surface area (Å²) in [4.78, 5) is 38.1. The van der Waals surface area contributed by atoms with Gasteiger partial charge in [0.05, 0.1) is 6.04 Å². The molecule has 1 atom stereocenters. The van der Waals surface area contributed by atoms with Crippen LogP contribution in [0, 0.1) is 11.7 Å². The molecule has 1 aromatic carbocycles. The van der Waals surface area contributed by atoms with Crippen molar-refractivity contribution < 1.29 is 14.0 Å². The Balaban J connectivity index is 2.38. The van der Waals surface area contributed by atoms with E-state index in [1.54, 1.807) is 37.5 Å². The second-order valence-corrected chi connectivity index (χ2v) is 7.88. The Morgan fingerprint density at radius 2 is 1.45 bits per heavy atom. The smallest absolute Gasteiger partial charge is 0.257 e. The van der Waals surface area contributed by atoms with Crippen molar-refractivity contribution in [3.8, 4) is 0 Å². The van der Waals surface area contributed by atoms with Crippen molar-refractivity contribution in [2.45, 2.75) is 53.2 Å². The van der Waals surface area contributed by atoms with Crippen molar-refractivity contribution in [1.29, 1.82) is 0 Å². The molecule has 0 unspecified atom stereocenters. The van der Waals surface area contributed by atoms with Crippen LogP contribution in [0.5, 0.6) is 0 Å². The number of hydrogen-bond donors (Lipinski definition) is 2. The van der Waals surface area contributed by atoms with E-state index in [-0.39, 0.29) is 28.9 Å². The first-order valence-corrected chi connectivity index (χ1v) is 9.69. The number of nitrogens with zero attached hydrogens (tertiary/aromatic N) is 1. The molecule has 0 aliphatic carbocycles. The standard InChI is InChI=1S/C22H28FN3O3/c1-13(2)10-26-11-18(21(28)24-14(3)4)20(27)19(12-26)22(29)25-15(5)16-6-8-17(23)9-7-16/h6-9,11-15H,10H2,1-5H3,(H,24,28)(H,25,29)/t15-/m0/s1. The van der Waals surface area contributed by atoms with E-state index in [2.05, 4.69) is 10.6 Å². The SMILES string of the molecule is CC(C)Cn1cc(C(=O)NC(C)C)c(=O)c(C(=O)N[C@@H](C)c2ccc(F)cc2)c1. The van der Waals surface area contributed by atoms with Gasteiger partial charge in [-0.3, -0.25) is 14.4 Å². The summed E-state index contributed by atoms with van der Waals surface area (Å²) in [6, 6.07) is 5.19. The third kappa shape index (κ3) is 6.01. The number of carbonyl (C=O) groups excluding carboxylic acids is 2. The Hall–Kier alpha value is -2.96. The highest BCUT2D eigenvalue weighted by atomic mass is 19.1. The molecule has 0 saturated heterocycles. The number of pyridine rings is 1. The van der Waals surface area contributed by atoms with E-state index in [9.17, 15) is 18.8 Å². The fraction of sp³-hybridized carbons (Fsp3) is 0.409. The molecule has 0 bridgehead atoms. The third-order valence-corrected chi connectivity index (χ3v) is 4.28. The topological polar surface area (TPSA) is 80.2 Å². The van der Waals surface area contributed by atoms with Gasteiger partial charge in [-0.15, -0.1) is 0 Å². The molecule has 1 heterocycles. The highest BCUT2D eigenvalue weighted by Gasteiger charge is 2.21. The van der Waals surface area contributed by atoms with Gasteiger partial charge in [-0.05, 0) is 44.4 Å². The molecule has 2 amide bonds. The Morgan fingerprint density at radius 3 is 1.93 bits per heavy atom. The van der Waals surface area contributed by atoms with Gasteiger partial charge in [-0.1, -0.05) is 26.0 Å². The lowest BCUT2D eigenvalue weighted by atomic mass is 10.1. The number of hydrogen-bond acceptors (Lipinski definition) is 3. The van der Waals surface area contributed by atoms with Crippen LogP contribution in [0.4, 0.5) is 4.39 Å². The van der Waals surface area contributed by atoms with Gasteiger partial charge in [0.25, 0.3) is 11.8 Å². The van der Waals surface area contributed by atoms with Gasteiger partial charge in [0.1, 0.15) is 16.9 Å². The van der Waals surface area contributed by atoms with E-state index in [1.807, 2.05) is 13.8 Å². The number of aromatic nitrogens is 1. The molecule has 0 aliphatic heterocycles. The molecule has 2 aromatic rings. The predicted molar refractivity (Wildman–Crippen MR) is 110 cm³/mol. The van der Waals surface area contributed by atoms with E-state index in [0.29, 0.717) is 12.1 Å². The minimum Gasteiger partial charge on any atom is -0.352 e.